The first-order chi connectivity index (χ1) is 6.69. The van der Waals surface area contributed by atoms with Gasteiger partial charge in [-0.3, -0.25) is 0 Å². The van der Waals surface area contributed by atoms with E-state index in [2.05, 4.69) is 51.3 Å². The number of rotatable bonds is 3. The van der Waals surface area contributed by atoms with Gasteiger partial charge in [-0.15, -0.1) is 11.8 Å². The molecule has 0 heterocycles. The van der Waals surface area contributed by atoms with E-state index in [1.165, 1.54) is 21.6 Å². The molecule has 0 aliphatic heterocycles. The van der Waals surface area contributed by atoms with Crippen LogP contribution in [0.25, 0.3) is 4.91 Å². The van der Waals surface area contributed by atoms with Gasteiger partial charge in [-0.05, 0) is 37.7 Å². The van der Waals surface area contributed by atoms with E-state index < -0.39 is 0 Å². The summed E-state index contributed by atoms with van der Waals surface area (Å²) in [6.07, 6.45) is 3.25. The first-order valence-electron chi connectivity index (χ1n) is 4.99. The zero-order chi connectivity index (χ0) is 10.6. The molecule has 0 aliphatic rings. The fourth-order valence-electron chi connectivity index (χ4n) is 1.50. The summed E-state index contributed by atoms with van der Waals surface area (Å²) in [4.78, 5) is 1.40. The molecule has 1 rings (SSSR count). The first kappa shape index (κ1) is 11.4. The zero-order valence-electron chi connectivity index (χ0n) is 9.42. The highest BCUT2D eigenvalue weighted by Gasteiger charge is 2.01. The van der Waals surface area contributed by atoms with Gasteiger partial charge in [0.15, 0.2) is 0 Å². The summed E-state index contributed by atoms with van der Waals surface area (Å²) >= 11 is 1.82. The minimum Gasteiger partial charge on any atom is -0.129 e. The van der Waals surface area contributed by atoms with Crippen molar-refractivity contribution in [1.29, 1.82) is 0 Å². The minimum absolute atomic E-state index is 0. The summed E-state index contributed by atoms with van der Waals surface area (Å²) in [5, 5.41) is 0. The fourth-order valence-corrected chi connectivity index (χ4v) is 2.28. The standard InChI is InChI=1S/C13H18S.H2/c1-5-11-6-8-12(9-7-11)13(14-4)10(2)3;/h6-9H,5H2,1-4H3;1H. The van der Waals surface area contributed by atoms with Crippen LogP contribution in [0.2, 0.25) is 0 Å². The lowest BCUT2D eigenvalue weighted by Crippen LogP contribution is -1.84. The highest BCUT2D eigenvalue weighted by molar-refractivity contribution is 8.07. The predicted octanol–water partition coefficient (Wildman–Crippen LogP) is 4.61. The average molecular weight is 208 g/mol. The van der Waals surface area contributed by atoms with E-state index in [4.69, 9.17) is 0 Å². The smallest absolute Gasteiger partial charge is 0.0128 e. The van der Waals surface area contributed by atoms with Crippen molar-refractivity contribution in [3.05, 3.63) is 41.0 Å². The molecule has 78 valence electrons. The second-order valence-corrected chi connectivity index (χ2v) is 4.40. The van der Waals surface area contributed by atoms with Gasteiger partial charge in [-0.25, -0.2) is 0 Å². The van der Waals surface area contributed by atoms with Crippen LogP contribution in [0.3, 0.4) is 0 Å². The molecule has 0 spiro atoms. The van der Waals surface area contributed by atoms with Gasteiger partial charge in [0.2, 0.25) is 0 Å². The van der Waals surface area contributed by atoms with E-state index >= 15 is 0 Å². The Balaban J connectivity index is 0.00000196. The monoisotopic (exact) mass is 208 g/mol. The van der Waals surface area contributed by atoms with Gasteiger partial charge >= 0.3 is 0 Å². The lowest BCUT2D eigenvalue weighted by atomic mass is 10.1. The summed E-state index contributed by atoms with van der Waals surface area (Å²) in [6, 6.07) is 8.87. The quantitative estimate of drug-likeness (QED) is 0.699. The fraction of sp³-hybridized carbons (Fsp3) is 0.385. The molecule has 0 atom stereocenters. The summed E-state index contributed by atoms with van der Waals surface area (Å²) in [5.74, 6) is 0. The molecule has 14 heavy (non-hydrogen) atoms. The normalized spacial score (nSPS) is 10.0. The van der Waals surface area contributed by atoms with Crippen LogP contribution in [-0.2, 0) is 6.42 Å². The molecule has 0 saturated carbocycles. The number of aryl methyl sites for hydroxylation is 1. The first-order valence-corrected chi connectivity index (χ1v) is 6.22. The topological polar surface area (TPSA) is 0 Å². The van der Waals surface area contributed by atoms with E-state index in [-0.39, 0.29) is 1.43 Å². The third kappa shape index (κ3) is 2.65. The van der Waals surface area contributed by atoms with E-state index in [1.54, 1.807) is 0 Å². The largest absolute Gasteiger partial charge is 0.129 e. The molecule has 1 heteroatoms. The molecule has 0 aliphatic carbocycles. The molecule has 0 bridgehead atoms. The molecule has 0 aromatic heterocycles. The predicted molar refractivity (Wildman–Crippen MR) is 69.7 cm³/mol. The van der Waals surface area contributed by atoms with Crippen molar-refractivity contribution >= 4 is 16.7 Å². The SMILES string of the molecule is CCc1ccc(C(SC)=C(C)C)cc1.[HH]. The zero-order valence-corrected chi connectivity index (χ0v) is 10.2. The molecule has 0 N–H and O–H groups in total. The molecule has 0 fully saturated rings. The van der Waals surface area contributed by atoms with Gasteiger partial charge in [-0.1, -0.05) is 36.8 Å². The molecule has 0 saturated heterocycles. The third-order valence-corrected chi connectivity index (χ3v) is 3.33. The maximum atomic E-state index is 2.22. The summed E-state index contributed by atoms with van der Waals surface area (Å²) in [7, 11) is 0. The van der Waals surface area contributed by atoms with Crippen LogP contribution in [0, 0.1) is 0 Å². The molecule has 0 amide bonds. The van der Waals surface area contributed by atoms with Gasteiger partial charge in [0, 0.05) is 6.33 Å². The molecular formula is C13H20S. The molecule has 0 nitrogen and oxygen atoms in total. The van der Waals surface area contributed by atoms with Crippen molar-refractivity contribution < 1.29 is 1.43 Å². The van der Waals surface area contributed by atoms with Crippen LogP contribution < -0.4 is 0 Å². The number of benzene rings is 1. The molecule has 0 radical (unpaired) electrons. The van der Waals surface area contributed by atoms with E-state index in [9.17, 15) is 0 Å². The van der Waals surface area contributed by atoms with Crippen molar-refractivity contribution in [2.24, 2.45) is 0 Å². The highest BCUT2D eigenvalue weighted by Crippen LogP contribution is 2.28. The van der Waals surface area contributed by atoms with Gasteiger partial charge in [0.05, 0.1) is 0 Å². The van der Waals surface area contributed by atoms with Gasteiger partial charge < -0.3 is 0 Å². The van der Waals surface area contributed by atoms with Crippen molar-refractivity contribution in [3.8, 4) is 0 Å². The van der Waals surface area contributed by atoms with Crippen molar-refractivity contribution in [2.45, 2.75) is 27.2 Å². The Kier molecular flexibility index (Phi) is 4.27. The Labute approximate surface area is 92.9 Å². The molecular weight excluding hydrogens is 188 g/mol. The third-order valence-electron chi connectivity index (χ3n) is 2.28. The average Bonchev–Trinajstić information content (AvgIpc) is 2.19. The Morgan fingerprint density at radius 3 is 2.14 bits per heavy atom. The van der Waals surface area contributed by atoms with Gasteiger partial charge in [0.1, 0.15) is 0 Å². The highest BCUT2D eigenvalue weighted by atomic mass is 32.2. The maximum Gasteiger partial charge on any atom is 0.0128 e. The Morgan fingerprint density at radius 1 is 1.21 bits per heavy atom. The minimum atomic E-state index is 0. The molecule has 1 aromatic rings. The Hall–Kier alpha value is -0.690. The lowest BCUT2D eigenvalue weighted by molar-refractivity contribution is 1.14. The van der Waals surface area contributed by atoms with Gasteiger partial charge in [-0.2, -0.15) is 0 Å². The van der Waals surface area contributed by atoms with Crippen LogP contribution in [0.15, 0.2) is 29.8 Å². The summed E-state index contributed by atoms with van der Waals surface area (Å²) in [5.41, 5.74) is 4.14. The van der Waals surface area contributed by atoms with Crippen molar-refractivity contribution in [2.75, 3.05) is 6.26 Å². The number of allylic oxidation sites excluding steroid dienone is 1. The van der Waals surface area contributed by atoms with E-state index in [0.29, 0.717) is 0 Å². The Bertz CT molecular complexity index is 321. The van der Waals surface area contributed by atoms with Crippen molar-refractivity contribution in [1.82, 2.24) is 0 Å². The van der Waals surface area contributed by atoms with Crippen molar-refractivity contribution in [3.63, 3.8) is 0 Å². The van der Waals surface area contributed by atoms with E-state index in [0.717, 1.165) is 6.42 Å². The number of hydrogen-bond donors (Lipinski definition) is 0. The van der Waals surface area contributed by atoms with E-state index in [1.807, 2.05) is 11.8 Å². The Morgan fingerprint density at radius 2 is 1.79 bits per heavy atom. The molecule has 0 unspecified atom stereocenters. The maximum absolute atomic E-state index is 2.22. The van der Waals surface area contributed by atoms with Crippen LogP contribution >= 0.6 is 11.8 Å². The summed E-state index contributed by atoms with van der Waals surface area (Å²) in [6.45, 7) is 6.52. The summed E-state index contributed by atoms with van der Waals surface area (Å²) < 4.78 is 0. The second-order valence-electron chi connectivity index (χ2n) is 3.58. The number of thioether (sulfide) groups is 1. The number of hydrogen-bond acceptors (Lipinski definition) is 1. The van der Waals surface area contributed by atoms with Crippen LogP contribution in [0.1, 0.15) is 33.3 Å². The molecule has 1 aromatic carbocycles. The van der Waals surface area contributed by atoms with Crippen LogP contribution in [0.5, 0.6) is 0 Å². The van der Waals surface area contributed by atoms with Gasteiger partial charge in [0.25, 0.3) is 0 Å². The van der Waals surface area contributed by atoms with Crippen LogP contribution in [0.4, 0.5) is 0 Å². The second kappa shape index (κ2) is 5.26. The van der Waals surface area contributed by atoms with Crippen LogP contribution in [-0.4, -0.2) is 6.26 Å². The lowest BCUT2D eigenvalue weighted by Gasteiger charge is -2.07.